The molecule has 1 aliphatic rings. The molecule has 1 unspecified atom stereocenters. The zero-order chi connectivity index (χ0) is 17.5. The van der Waals surface area contributed by atoms with Gasteiger partial charge in [-0.2, -0.15) is 0 Å². The molecule has 0 spiro atoms. The van der Waals surface area contributed by atoms with Crippen molar-refractivity contribution < 1.29 is 9.84 Å². The average molecular weight is 462 g/mol. The van der Waals surface area contributed by atoms with Crippen LogP contribution in [0.25, 0.3) is 0 Å². The fourth-order valence-corrected chi connectivity index (χ4v) is 2.93. The molecule has 0 amide bonds. The van der Waals surface area contributed by atoms with E-state index in [1.165, 1.54) is 5.56 Å². The van der Waals surface area contributed by atoms with Crippen molar-refractivity contribution >= 4 is 29.9 Å². The van der Waals surface area contributed by atoms with Crippen molar-refractivity contribution in [3.63, 3.8) is 0 Å². The molecule has 2 N–H and O–H groups in total. The summed E-state index contributed by atoms with van der Waals surface area (Å²) in [5.74, 6) is 1.74. The molecular weight excluding hydrogens is 431 g/mol. The van der Waals surface area contributed by atoms with E-state index in [-0.39, 0.29) is 36.1 Å². The molecule has 6 nitrogen and oxygen atoms in total. The van der Waals surface area contributed by atoms with Gasteiger partial charge < -0.3 is 25.0 Å². The molecule has 1 aromatic rings. The number of likely N-dealkylation sites (N-methyl/N-ethyl adjacent to an activating group) is 1. The van der Waals surface area contributed by atoms with E-state index in [4.69, 9.17) is 9.73 Å². The van der Waals surface area contributed by atoms with Crippen LogP contribution in [0.5, 0.6) is 5.75 Å². The van der Waals surface area contributed by atoms with Gasteiger partial charge in [0.15, 0.2) is 5.96 Å². The SMILES string of the molecule is CCNC(=NCC(c1ccc(OC)cc1)N(C)C)N1CC[C@@H](O)C1.I. The first kappa shape index (κ1) is 22.0. The van der Waals surface area contributed by atoms with Gasteiger partial charge in [-0.15, -0.1) is 24.0 Å². The summed E-state index contributed by atoms with van der Waals surface area (Å²) in [6.07, 6.45) is 0.556. The summed E-state index contributed by atoms with van der Waals surface area (Å²) >= 11 is 0. The number of nitrogens with zero attached hydrogens (tertiary/aromatic N) is 3. The molecule has 0 aromatic heterocycles. The summed E-state index contributed by atoms with van der Waals surface area (Å²) in [6, 6.07) is 8.34. The largest absolute Gasteiger partial charge is 0.497 e. The van der Waals surface area contributed by atoms with Gasteiger partial charge >= 0.3 is 0 Å². The number of hydrogen-bond donors (Lipinski definition) is 2. The van der Waals surface area contributed by atoms with Crippen LogP contribution in [-0.4, -0.2) is 74.4 Å². The van der Waals surface area contributed by atoms with E-state index in [0.29, 0.717) is 13.1 Å². The normalized spacial score (nSPS) is 18.9. The minimum atomic E-state index is -0.250. The first-order chi connectivity index (χ1) is 11.5. The second-order valence-electron chi connectivity index (χ2n) is 6.34. The predicted octanol–water partition coefficient (Wildman–Crippen LogP) is 1.95. The van der Waals surface area contributed by atoms with Gasteiger partial charge in [-0.05, 0) is 45.1 Å². The van der Waals surface area contributed by atoms with Crippen LogP contribution in [-0.2, 0) is 0 Å². The lowest BCUT2D eigenvalue weighted by atomic mass is 10.1. The van der Waals surface area contributed by atoms with E-state index in [9.17, 15) is 5.11 Å². The third-order valence-corrected chi connectivity index (χ3v) is 4.34. The van der Waals surface area contributed by atoms with E-state index in [1.807, 2.05) is 12.1 Å². The molecular formula is C18H31IN4O2. The van der Waals surface area contributed by atoms with Gasteiger partial charge in [0.2, 0.25) is 0 Å². The molecule has 2 atom stereocenters. The Morgan fingerprint density at radius 3 is 2.56 bits per heavy atom. The Kier molecular flexibility index (Phi) is 9.52. The summed E-state index contributed by atoms with van der Waals surface area (Å²) in [6.45, 7) is 5.05. The number of methoxy groups -OCH3 is 1. The zero-order valence-electron chi connectivity index (χ0n) is 15.6. The number of rotatable bonds is 6. The Bertz CT molecular complexity index is 536. The highest BCUT2D eigenvalue weighted by Gasteiger charge is 2.23. The molecule has 25 heavy (non-hydrogen) atoms. The number of aliphatic imine (C=N–C) groups is 1. The number of aliphatic hydroxyl groups excluding tert-OH is 1. The molecule has 0 radical (unpaired) electrons. The third-order valence-electron chi connectivity index (χ3n) is 4.34. The monoisotopic (exact) mass is 462 g/mol. The number of aliphatic hydroxyl groups is 1. The molecule has 142 valence electrons. The summed E-state index contributed by atoms with van der Waals surface area (Å²) in [5, 5.41) is 13.1. The molecule has 0 bridgehead atoms. The molecule has 0 aliphatic carbocycles. The fraction of sp³-hybridized carbons (Fsp3) is 0.611. The number of benzene rings is 1. The van der Waals surface area contributed by atoms with Gasteiger partial charge in [-0.1, -0.05) is 12.1 Å². The highest BCUT2D eigenvalue weighted by Crippen LogP contribution is 2.22. The zero-order valence-corrected chi connectivity index (χ0v) is 17.9. The Balaban J connectivity index is 0.00000312. The van der Waals surface area contributed by atoms with E-state index in [0.717, 1.165) is 31.2 Å². The molecule has 1 fully saturated rings. The Morgan fingerprint density at radius 2 is 2.08 bits per heavy atom. The van der Waals surface area contributed by atoms with Crippen LogP contribution >= 0.6 is 24.0 Å². The third kappa shape index (κ3) is 6.31. The number of guanidine groups is 1. The van der Waals surface area contributed by atoms with Gasteiger partial charge in [0, 0.05) is 19.6 Å². The highest BCUT2D eigenvalue weighted by atomic mass is 127. The van der Waals surface area contributed by atoms with Crippen molar-refractivity contribution in [2.45, 2.75) is 25.5 Å². The minimum Gasteiger partial charge on any atom is -0.497 e. The van der Waals surface area contributed by atoms with Crippen LogP contribution < -0.4 is 10.1 Å². The summed E-state index contributed by atoms with van der Waals surface area (Å²) in [7, 11) is 5.81. The first-order valence-electron chi connectivity index (χ1n) is 8.56. The molecule has 0 saturated carbocycles. The predicted molar refractivity (Wildman–Crippen MR) is 113 cm³/mol. The van der Waals surface area contributed by atoms with E-state index >= 15 is 0 Å². The molecule has 1 aromatic carbocycles. The Morgan fingerprint density at radius 1 is 1.40 bits per heavy atom. The second kappa shape index (κ2) is 10.8. The van der Waals surface area contributed by atoms with Crippen LogP contribution in [0.3, 0.4) is 0 Å². The van der Waals surface area contributed by atoms with Crippen molar-refractivity contribution in [2.24, 2.45) is 4.99 Å². The van der Waals surface area contributed by atoms with Crippen LogP contribution in [0.1, 0.15) is 24.9 Å². The summed E-state index contributed by atoms with van der Waals surface area (Å²) in [4.78, 5) is 9.13. The summed E-state index contributed by atoms with van der Waals surface area (Å²) in [5.41, 5.74) is 1.21. The van der Waals surface area contributed by atoms with Crippen molar-refractivity contribution in [1.29, 1.82) is 0 Å². The van der Waals surface area contributed by atoms with Crippen LogP contribution in [0.4, 0.5) is 0 Å². The summed E-state index contributed by atoms with van der Waals surface area (Å²) < 4.78 is 5.24. The number of ether oxygens (including phenoxy) is 1. The number of β-amino-alcohol motifs (C(OH)–C–C–N with tert-alkyl or cyclic N) is 1. The highest BCUT2D eigenvalue weighted by molar-refractivity contribution is 14.0. The lowest BCUT2D eigenvalue weighted by molar-refractivity contribution is 0.187. The van der Waals surface area contributed by atoms with Crippen LogP contribution in [0, 0.1) is 0 Å². The van der Waals surface area contributed by atoms with E-state index < -0.39 is 0 Å². The topological polar surface area (TPSA) is 60.3 Å². The minimum absolute atomic E-state index is 0. The molecule has 7 heteroatoms. The standard InChI is InChI=1S/C18H30N4O2.HI/c1-5-19-18(22-11-10-15(23)13-22)20-12-17(21(2)3)14-6-8-16(24-4)9-7-14;/h6-9,15,17,23H,5,10-13H2,1-4H3,(H,19,20);1H/t15-,17?;/m1./s1. The Hall–Kier alpha value is -1.06. The van der Waals surface area contributed by atoms with E-state index in [2.05, 4.69) is 48.3 Å². The van der Waals surface area contributed by atoms with Crippen molar-refractivity contribution in [1.82, 2.24) is 15.1 Å². The van der Waals surface area contributed by atoms with Gasteiger partial charge in [-0.3, -0.25) is 4.99 Å². The lowest BCUT2D eigenvalue weighted by Crippen LogP contribution is -2.41. The average Bonchev–Trinajstić information content (AvgIpc) is 3.00. The van der Waals surface area contributed by atoms with Gasteiger partial charge in [-0.25, -0.2) is 0 Å². The van der Waals surface area contributed by atoms with Gasteiger partial charge in [0.25, 0.3) is 0 Å². The second-order valence-corrected chi connectivity index (χ2v) is 6.34. The number of halogens is 1. The Labute approximate surface area is 168 Å². The quantitative estimate of drug-likeness (QED) is 0.385. The van der Waals surface area contributed by atoms with Crippen LogP contribution in [0.2, 0.25) is 0 Å². The molecule has 1 saturated heterocycles. The fourth-order valence-electron chi connectivity index (χ4n) is 2.93. The maximum atomic E-state index is 9.77. The molecule has 1 heterocycles. The number of nitrogens with one attached hydrogen (secondary N) is 1. The van der Waals surface area contributed by atoms with Crippen molar-refractivity contribution in [2.75, 3.05) is 47.4 Å². The smallest absolute Gasteiger partial charge is 0.194 e. The first-order valence-corrected chi connectivity index (χ1v) is 8.56. The van der Waals surface area contributed by atoms with Gasteiger partial charge in [0.1, 0.15) is 5.75 Å². The maximum absolute atomic E-state index is 9.77. The number of hydrogen-bond acceptors (Lipinski definition) is 4. The van der Waals surface area contributed by atoms with Crippen LogP contribution in [0.15, 0.2) is 29.3 Å². The lowest BCUT2D eigenvalue weighted by Gasteiger charge is -2.26. The maximum Gasteiger partial charge on any atom is 0.194 e. The molecule has 1 aliphatic heterocycles. The van der Waals surface area contributed by atoms with Gasteiger partial charge in [0.05, 0.1) is 25.8 Å². The van der Waals surface area contributed by atoms with E-state index in [1.54, 1.807) is 7.11 Å². The molecule has 2 rings (SSSR count). The number of likely N-dealkylation sites (tertiary alicyclic amines) is 1. The van der Waals surface area contributed by atoms with Crippen molar-refractivity contribution in [3.8, 4) is 5.75 Å². The van der Waals surface area contributed by atoms with Crippen molar-refractivity contribution in [3.05, 3.63) is 29.8 Å².